The maximum atomic E-state index is 13.8. The predicted octanol–water partition coefficient (Wildman–Crippen LogP) is 7.48. The van der Waals surface area contributed by atoms with E-state index in [1.807, 2.05) is 62.4 Å². The van der Waals surface area contributed by atoms with Crippen molar-refractivity contribution in [3.05, 3.63) is 99.1 Å². The number of amidine groups is 1. The fourth-order valence-corrected chi connectivity index (χ4v) is 6.52. The van der Waals surface area contributed by atoms with Crippen molar-refractivity contribution in [1.29, 1.82) is 0 Å². The number of hydrogen-bond donors (Lipinski definition) is 0. The second-order valence-corrected chi connectivity index (χ2v) is 10.3. The number of carbonyl (C=O) groups is 1. The second-order valence-electron chi connectivity index (χ2n) is 7.81. The third-order valence-electron chi connectivity index (χ3n) is 5.63. The molecule has 172 valence electrons. The normalized spacial score (nSPS) is 19.8. The summed E-state index contributed by atoms with van der Waals surface area (Å²) >= 11 is 9.17. The van der Waals surface area contributed by atoms with E-state index in [1.165, 1.54) is 23.9 Å². The van der Waals surface area contributed by atoms with Crippen LogP contribution in [0.3, 0.4) is 0 Å². The monoisotopic (exact) mass is 509 g/mol. The van der Waals surface area contributed by atoms with E-state index in [-0.39, 0.29) is 17.8 Å². The number of carbonyl (C=O) groups excluding carboxylic acids is 1. The maximum Gasteiger partial charge on any atom is 0.274 e. The van der Waals surface area contributed by atoms with Crippen molar-refractivity contribution in [1.82, 2.24) is 0 Å². The van der Waals surface area contributed by atoms with E-state index in [1.54, 1.807) is 28.8 Å². The van der Waals surface area contributed by atoms with E-state index >= 15 is 0 Å². The molecule has 5 rings (SSSR count). The molecule has 1 atom stereocenters. The van der Waals surface area contributed by atoms with Gasteiger partial charge in [-0.15, -0.1) is 0 Å². The minimum Gasteiger partial charge on any atom is -0.334 e. The Hall–Kier alpha value is -2.74. The molecule has 34 heavy (non-hydrogen) atoms. The van der Waals surface area contributed by atoms with Gasteiger partial charge in [-0.25, -0.2) is 4.39 Å². The number of hydrogen-bond acceptors (Lipinski definition) is 5. The number of amides is 1. The van der Waals surface area contributed by atoms with Gasteiger partial charge in [-0.05, 0) is 73.6 Å². The summed E-state index contributed by atoms with van der Waals surface area (Å²) in [5, 5.41) is 2.09. The van der Waals surface area contributed by atoms with Gasteiger partial charge >= 0.3 is 0 Å². The summed E-state index contributed by atoms with van der Waals surface area (Å²) in [4.78, 5) is 24.1. The molecule has 0 spiro atoms. The highest BCUT2D eigenvalue weighted by atomic mass is 35.5. The second kappa shape index (κ2) is 9.49. The third-order valence-corrected chi connectivity index (χ3v) is 8.22. The molecule has 0 aliphatic carbocycles. The molecule has 0 N–H and O–H groups in total. The maximum absolute atomic E-state index is 13.8. The molecule has 3 aromatic carbocycles. The molecular weight excluding hydrogens is 489 g/mol. The number of thioether (sulfide) groups is 2. The number of rotatable bonds is 4. The molecule has 1 fully saturated rings. The minimum absolute atomic E-state index is 0.154. The lowest BCUT2D eigenvalue weighted by molar-refractivity contribution is -0.113. The van der Waals surface area contributed by atoms with Gasteiger partial charge in [-0.2, -0.15) is 0 Å². The molecule has 0 saturated carbocycles. The first-order valence-electron chi connectivity index (χ1n) is 10.9. The lowest BCUT2D eigenvalue weighted by Crippen LogP contribution is -2.30. The van der Waals surface area contributed by atoms with Crippen molar-refractivity contribution < 1.29 is 9.18 Å². The van der Waals surface area contributed by atoms with E-state index in [0.717, 1.165) is 21.2 Å². The fraction of sp³-hybridized carbons (Fsp3) is 0.154. The Morgan fingerprint density at radius 1 is 1.03 bits per heavy atom. The summed E-state index contributed by atoms with van der Waals surface area (Å²) in [5.74, 6) is -0.524. The smallest absolute Gasteiger partial charge is 0.274 e. The van der Waals surface area contributed by atoms with Crippen LogP contribution in [0, 0.1) is 5.82 Å². The average Bonchev–Trinajstić information content (AvgIpc) is 3.36. The minimum atomic E-state index is -0.353. The van der Waals surface area contributed by atoms with Crippen LogP contribution < -0.4 is 9.80 Å². The van der Waals surface area contributed by atoms with E-state index in [2.05, 4.69) is 4.90 Å². The lowest BCUT2D eigenvalue weighted by Gasteiger charge is -2.19. The van der Waals surface area contributed by atoms with Crippen molar-refractivity contribution in [3.63, 3.8) is 0 Å². The Morgan fingerprint density at radius 2 is 1.76 bits per heavy atom. The molecule has 4 nitrogen and oxygen atoms in total. The number of halogens is 2. The van der Waals surface area contributed by atoms with Crippen LogP contribution in [0.4, 0.5) is 15.8 Å². The zero-order valence-corrected chi connectivity index (χ0v) is 20.9. The van der Waals surface area contributed by atoms with E-state index in [9.17, 15) is 9.18 Å². The number of anilines is 2. The number of fused-ring (bicyclic) bond motifs is 1. The van der Waals surface area contributed by atoms with Gasteiger partial charge in [0.2, 0.25) is 0 Å². The Labute approximate surface area is 211 Å². The van der Waals surface area contributed by atoms with Gasteiger partial charge in [-0.3, -0.25) is 14.7 Å². The average molecular weight is 510 g/mol. The van der Waals surface area contributed by atoms with Gasteiger partial charge in [0.25, 0.3) is 5.91 Å². The molecule has 2 aliphatic rings. The van der Waals surface area contributed by atoms with Crippen LogP contribution in [-0.2, 0) is 4.79 Å². The number of aliphatic imine (C=N–C) groups is 1. The van der Waals surface area contributed by atoms with Crippen molar-refractivity contribution in [2.75, 3.05) is 16.3 Å². The van der Waals surface area contributed by atoms with Crippen LogP contribution >= 0.6 is 35.1 Å². The Kier molecular flexibility index (Phi) is 6.42. The molecule has 0 radical (unpaired) electrons. The molecular formula is C26H21ClFN3OS2. The highest BCUT2D eigenvalue weighted by Gasteiger charge is 2.40. The number of nitrogens with zero attached hydrogens (tertiary/aromatic N) is 3. The van der Waals surface area contributed by atoms with Crippen LogP contribution in [0.1, 0.15) is 25.5 Å². The fourth-order valence-electron chi connectivity index (χ4n) is 3.92. The molecule has 2 aliphatic heterocycles. The Bertz CT molecular complexity index is 1310. The van der Waals surface area contributed by atoms with Crippen LogP contribution in [0.25, 0.3) is 0 Å². The third kappa shape index (κ3) is 4.24. The van der Waals surface area contributed by atoms with Gasteiger partial charge in [0.15, 0.2) is 5.17 Å². The van der Waals surface area contributed by atoms with Gasteiger partial charge in [0.1, 0.15) is 15.8 Å². The number of benzene rings is 3. The highest BCUT2D eigenvalue weighted by molar-refractivity contribution is 8.20. The molecule has 1 amide bonds. The summed E-state index contributed by atoms with van der Waals surface area (Å²) < 4.78 is 13.6. The van der Waals surface area contributed by atoms with Crippen molar-refractivity contribution in [2.24, 2.45) is 4.99 Å². The van der Waals surface area contributed by atoms with Gasteiger partial charge in [0, 0.05) is 16.5 Å². The molecule has 0 aromatic heterocycles. The van der Waals surface area contributed by atoms with Crippen molar-refractivity contribution >= 4 is 57.6 Å². The van der Waals surface area contributed by atoms with E-state index in [0.29, 0.717) is 27.3 Å². The summed E-state index contributed by atoms with van der Waals surface area (Å²) in [5.41, 5.74) is 2.63. The summed E-state index contributed by atoms with van der Waals surface area (Å²) in [6, 6.07) is 21.5. The summed E-state index contributed by atoms with van der Waals surface area (Å²) in [7, 11) is 0. The van der Waals surface area contributed by atoms with Gasteiger partial charge in [0.05, 0.1) is 17.4 Å². The molecule has 8 heteroatoms. The van der Waals surface area contributed by atoms with Crippen LogP contribution in [0.5, 0.6) is 0 Å². The quantitative estimate of drug-likeness (QED) is 0.341. The first kappa shape index (κ1) is 23.0. The molecule has 0 unspecified atom stereocenters. The lowest BCUT2D eigenvalue weighted by atomic mass is 10.1. The molecule has 1 saturated heterocycles. The van der Waals surface area contributed by atoms with Gasteiger partial charge in [-0.1, -0.05) is 53.7 Å². The summed E-state index contributed by atoms with van der Waals surface area (Å²) in [6.07, 6.45) is 0. The largest absolute Gasteiger partial charge is 0.334 e. The van der Waals surface area contributed by atoms with Crippen molar-refractivity contribution in [3.8, 4) is 0 Å². The topological polar surface area (TPSA) is 35.9 Å². The van der Waals surface area contributed by atoms with Crippen LogP contribution in [0.2, 0.25) is 5.02 Å². The molecule has 2 heterocycles. The highest BCUT2D eigenvalue weighted by Crippen LogP contribution is 2.51. The SMILES string of the molecule is CCN1/C(=C2/SC(=N[C@@H](C)c3ccccc3)N(c3ccc(F)cc3)C2=O)Sc2ccc(Cl)cc21. The molecule has 3 aromatic rings. The predicted molar refractivity (Wildman–Crippen MR) is 141 cm³/mol. The van der Waals surface area contributed by atoms with Gasteiger partial charge < -0.3 is 4.90 Å². The Morgan fingerprint density at radius 3 is 2.47 bits per heavy atom. The Balaban J connectivity index is 1.60. The van der Waals surface area contributed by atoms with E-state index in [4.69, 9.17) is 16.6 Å². The first-order valence-corrected chi connectivity index (χ1v) is 12.9. The standard InChI is InChI=1S/C26H21ClFN3OS2/c1-3-30-21-15-18(27)9-14-22(21)33-25(30)23-24(32)31(20-12-10-19(28)11-13-20)26(34-23)29-16(2)17-7-5-4-6-8-17/h4-16H,3H2,1-2H3/b25-23-,29-26?/t16-/m0/s1. The zero-order chi connectivity index (χ0) is 23.8. The van der Waals surface area contributed by atoms with E-state index < -0.39 is 0 Å². The van der Waals surface area contributed by atoms with Crippen molar-refractivity contribution in [2.45, 2.75) is 24.8 Å². The van der Waals surface area contributed by atoms with Crippen LogP contribution in [-0.4, -0.2) is 17.6 Å². The summed E-state index contributed by atoms with van der Waals surface area (Å²) in [6.45, 7) is 4.74. The molecule has 0 bridgehead atoms. The zero-order valence-electron chi connectivity index (χ0n) is 18.5. The van der Waals surface area contributed by atoms with Crippen LogP contribution in [0.15, 0.2) is 92.6 Å². The first-order chi connectivity index (χ1) is 16.5.